The molecule has 4 nitrogen and oxygen atoms in total. The Morgan fingerprint density at radius 2 is 1.80 bits per heavy atom. The van der Waals surface area contributed by atoms with Crippen LogP contribution in [0.1, 0.15) is 26.3 Å². The van der Waals surface area contributed by atoms with Crippen molar-refractivity contribution in [2.45, 2.75) is 38.5 Å². The third-order valence-corrected chi connectivity index (χ3v) is 5.21. The van der Waals surface area contributed by atoms with Gasteiger partial charge in [-0.1, -0.05) is 43.0 Å². The lowest BCUT2D eigenvalue weighted by Gasteiger charge is -2.15. The van der Waals surface area contributed by atoms with Gasteiger partial charge in [0.2, 0.25) is 11.0 Å². The molecule has 3 rings (SSSR count). The van der Waals surface area contributed by atoms with Crippen LogP contribution in [0.5, 0.6) is 0 Å². The van der Waals surface area contributed by atoms with Crippen molar-refractivity contribution in [1.82, 2.24) is 5.32 Å². The SMILES string of the molecule is CC(=O)N[C@H](C)C(=O)S[C@@H](C)Cc1ccc2oc3ccccc3c2c1. The number of hydrogen-bond acceptors (Lipinski definition) is 4. The van der Waals surface area contributed by atoms with Crippen molar-refractivity contribution in [1.29, 1.82) is 0 Å². The van der Waals surface area contributed by atoms with E-state index in [1.165, 1.54) is 24.2 Å². The Bertz CT molecular complexity index is 931. The molecule has 2 atom stereocenters. The van der Waals surface area contributed by atoms with Crippen LogP contribution in [-0.4, -0.2) is 22.3 Å². The molecule has 1 heterocycles. The first-order chi connectivity index (χ1) is 11.9. The normalized spacial score (nSPS) is 13.7. The smallest absolute Gasteiger partial charge is 0.217 e. The third kappa shape index (κ3) is 4.04. The maximum atomic E-state index is 12.2. The molecule has 1 aromatic heterocycles. The fourth-order valence-electron chi connectivity index (χ4n) is 2.94. The van der Waals surface area contributed by atoms with E-state index >= 15 is 0 Å². The summed E-state index contributed by atoms with van der Waals surface area (Å²) in [7, 11) is 0. The predicted octanol–water partition coefficient (Wildman–Crippen LogP) is 4.30. The second kappa shape index (κ2) is 7.31. The number of hydrogen-bond donors (Lipinski definition) is 1. The first-order valence-electron chi connectivity index (χ1n) is 8.32. The first-order valence-corrected chi connectivity index (χ1v) is 9.20. The molecule has 25 heavy (non-hydrogen) atoms. The van der Waals surface area contributed by atoms with Crippen LogP contribution in [0.25, 0.3) is 21.9 Å². The summed E-state index contributed by atoms with van der Waals surface area (Å²) in [5.74, 6) is -0.189. The second-order valence-electron chi connectivity index (χ2n) is 6.30. The minimum Gasteiger partial charge on any atom is -0.456 e. The Morgan fingerprint density at radius 3 is 2.56 bits per heavy atom. The van der Waals surface area contributed by atoms with Gasteiger partial charge in [0.15, 0.2) is 0 Å². The highest BCUT2D eigenvalue weighted by Crippen LogP contribution is 2.30. The summed E-state index contributed by atoms with van der Waals surface area (Å²) in [5.41, 5.74) is 2.93. The number of benzene rings is 2. The van der Waals surface area contributed by atoms with E-state index < -0.39 is 6.04 Å². The highest BCUT2D eigenvalue weighted by Gasteiger charge is 2.18. The summed E-state index contributed by atoms with van der Waals surface area (Å²) in [6, 6.07) is 13.7. The van der Waals surface area contributed by atoms with Crippen molar-refractivity contribution in [2.24, 2.45) is 0 Å². The molecule has 0 aliphatic carbocycles. The fourth-order valence-corrected chi connectivity index (χ4v) is 3.87. The van der Waals surface area contributed by atoms with Crippen LogP contribution in [0.2, 0.25) is 0 Å². The summed E-state index contributed by atoms with van der Waals surface area (Å²) in [4.78, 5) is 23.2. The van der Waals surface area contributed by atoms with Gasteiger partial charge in [0, 0.05) is 22.9 Å². The number of carbonyl (C=O) groups is 2. The van der Waals surface area contributed by atoms with Gasteiger partial charge < -0.3 is 9.73 Å². The van der Waals surface area contributed by atoms with Crippen molar-refractivity contribution in [3.8, 4) is 0 Å². The number of fused-ring (bicyclic) bond motifs is 3. The molecule has 0 saturated carbocycles. The lowest BCUT2D eigenvalue weighted by atomic mass is 10.1. The molecular weight excluding hydrogens is 334 g/mol. The highest BCUT2D eigenvalue weighted by molar-refractivity contribution is 8.14. The van der Waals surface area contributed by atoms with Gasteiger partial charge in [0.25, 0.3) is 0 Å². The minimum absolute atomic E-state index is 0.0162. The molecule has 1 amide bonds. The zero-order chi connectivity index (χ0) is 18.0. The van der Waals surface area contributed by atoms with Gasteiger partial charge in [-0.2, -0.15) is 0 Å². The van der Waals surface area contributed by atoms with E-state index in [0.29, 0.717) is 0 Å². The number of para-hydroxylation sites is 1. The average molecular weight is 355 g/mol. The Hall–Kier alpha value is -2.27. The summed E-state index contributed by atoms with van der Waals surface area (Å²) in [5, 5.41) is 4.95. The number of thioether (sulfide) groups is 1. The molecule has 2 aromatic carbocycles. The molecule has 0 bridgehead atoms. The number of nitrogens with one attached hydrogen (secondary N) is 1. The fraction of sp³-hybridized carbons (Fsp3) is 0.300. The summed E-state index contributed by atoms with van der Waals surface area (Å²) >= 11 is 1.28. The zero-order valence-electron chi connectivity index (χ0n) is 14.5. The number of carbonyl (C=O) groups excluding carboxylic acids is 2. The molecule has 1 N–H and O–H groups in total. The van der Waals surface area contributed by atoms with Gasteiger partial charge in [0.1, 0.15) is 11.2 Å². The minimum atomic E-state index is -0.467. The second-order valence-corrected chi connectivity index (χ2v) is 7.75. The highest BCUT2D eigenvalue weighted by atomic mass is 32.2. The van der Waals surface area contributed by atoms with Crippen molar-refractivity contribution >= 4 is 44.7 Å². The Balaban J connectivity index is 1.73. The Morgan fingerprint density at radius 1 is 1.08 bits per heavy atom. The van der Waals surface area contributed by atoms with E-state index in [1.807, 2.05) is 37.3 Å². The van der Waals surface area contributed by atoms with E-state index in [2.05, 4.69) is 17.4 Å². The summed E-state index contributed by atoms with van der Waals surface area (Å²) in [6.07, 6.45) is 0.776. The van der Waals surface area contributed by atoms with Gasteiger partial charge >= 0.3 is 0 Å². The van der Waals surface area contributed by atoms with Gasteiger partial charge in [-0.25, -0.2) is 0 Å². The van der Waals surface area contributed by atoms with Crippen LogP contribution in [-0.2, 0) is 16.0 Å². The summed E-state index contributed by atoms with van der Waals surface area (Å²) < 4.78 is 5.85. The molecular formula is C20H21NO3S. The van der Waals surface area contributed by atoms with Crippen molar-refractivity contribution in [3.05, 3.63) is 48.0 Å². The molecule has 0 aliphatic rings. The number of furan rings is 1. The lowest BCUT2D eigenvalue weighted by molar-refractivity contribution is -0.122. The van der Waals surface area contributed by atoms with Gasteiger partial charge in [-0.3, -0.25) is 9.59 Å². The van der Waals surface area contributed by atoms with Crippen LogP contribution in [0.15, 0.2) is 46.9 Å². The van der Waals surface area contributed by atoms with E-state index in [0.717, 1.165) is 28.4 Å². The van der Waals surface area contributed by atoms with Crippen LogP contribution in [0.3, 0.4) is 0 Å². The van der Waals surface area contributed by atoms with Gasteiger partial charge in [0.05, 0.1) is 6.04 Å². The van der Waals surface area contributed by atoms with Gasteiger partial charge in [-0.05, 0) is 37.1 Å². The van der Waals surface area contributed by atoms with E-state index in [4.69, 9.17) is 4.42 Å². The molecule has 5 heteroatoms. The van der Waals surface area contributed by atoms with Crippen LogP contribution < -0.4 is 5.32 Å². The first kappa shape index (κ1) is 17.5. The largest absolute Gasteiger partial charge is 0.456 e. The maximum absolute atomic E-state index is 12.2. The predicted molar refractivity (Wildman–Crippen MR) is 103 cm³/mol. The number of rotatable bonds is 5. The third-order valence-electron chi connectivity index (χ3n) is 4.05. The Labute approximate surface area is 151 Å². The van der Waals surface area contributed by atoms with Crippen molar-refractivity contribution in [2.75, 3.05) is 0 Å². The lowest BCUT2D eigenvalue weighted by Crippen LogP contribution is -2.36. The standard InChI is InChI=1S/C20H21NO3S/c1-12(25-20(23)13(2)21-14(3)22)10-15-8-9-19-17(11-15)16-6-4-5-7-18(16)24-19/h4-9,11-13H,10H2,1-3H3,(H,21,22)/t12-,13+/m0/s1. The quantitative estimate of drug-likeness (QED) is 0.741. The maximum Gasteiger partial charge on any atom is 0.217 e. The summed E-state index contributed by atoms with van der Waals surface area (Å²) in [6.45, 7) is 5.16. The monoisotopic (exact) mass is 355 g/mol. The molecule has 3 aromatic rings. The van der Waals surface area contributed by atoms with E-state index in [-0.39, 0.29) is 16.3 Å². The molecule has 0 radical (unpaired) electrons. The molecule has 130 valence electrons. The van der Waals surface area contributed by atoms with Crippen molar-refractivity contribution in [3.63, 3.8) is 0 Å². The van der Waals surface area contributed by atoms with E-state index in [1.54, 1.807) is 6.92 Å². The van der Waals surface area contributed by atoms with Crippen molar-refractivity contribution < 1.29 is 14.0 Å². The topological polar surface area (TPSA) is 59.3 Å². The molecule has 0 unspecified atom stereocenters. The van der Waals surface area contributed by atoms with Crippen LogP contribution in [0.4, 0.5) is 0 Å². The molecule has 0 fully saturated rings. The zero-order valence-corrected chi connectivity index (χ0v) is 15.4. The molecule has 0 spiro atoms. The van der Waals surface area contributed by atoms with Crippen LogP contribution in [0, 0.1) is 0 Å². The van der Waals surface area contributed by atoms with E-state index in [9.17, 15) is 9.59 Å². The van der Waals surface area contributed by atoms with Gasteiger partial charge in [-0.15, -0.1) is 0 Å². The molecule has 0 aliphatic heterocycles. The molecule has 0 saturated heterocycles. The Kier molecular flexibility index (Phi) is 5.13. The number of amides is 1. The average Bonchev–Trinajstić information content (AvgIpc) is 2.92. The van der Waals surface area contributed by atoms with Crippen LogP contribution >= 0.6 is 11.8 Å².